The van der Waals surface area contributed by atoms with E-state index in [1.165, 1.54) is 6.92 Å². The molecule has 0 radical (unpaired) electrons. The van der Waals surface area contributed by atoms with Gasteiger partial charge in [0.15, 0.2) is 6.29 Å². The maximum atomic E-state index is 11.0. The number of aliphatic hydroxyl groups is 2. The molecule has 1 fully saturated rings. The molecular weight excluding hydrogens is 370 g/mol. The first-order chi connectivity index (χ1) is 8.33. The van der Waals surface area contributed by atoms with Gasteiger partial charge in [-0.25, -0.2) is 0 Å². The van der Waals surface area contributed by atoms with Gasteiger partial charge in [0, 0.05) is 22.3 Å². The van der Waals surface area contributed by atoms with Crippen molar-refractivity contribution in [1.29, 1.82) is 0 Å². The van der Waals surface area contributed by atoms with Gasteiger partial charge < -0.3 is 20.3 Å². The number of amides is 1. The number of halogens is 2. The van der Waals surface area contributed by atoms with Gasteiger partial charge in [-0.15, -0.1) is 0 Å². The molecule has 1 aliphatic carbocycles. The van der Waals surface area contributed by atoms with E-state index in [1.807, 2.05) is 0 Å². The molecule has 2 aliphatic rings. The largest absolute Gasteiger partial charge is 0.383 e. The minimum absolute atomic E-state index is 0.221. The van der Waals surface area contributed by atoms with Crippen molar-refractivity contribution < 1.29 is 19.7 Å². The van der Waals surface area contributed by atoms with E-state index in [2.05, 4.69) is 37.2 Å². The number of aliphatic hydroxyl groups excluding tert-OH is 2. The molecule has 7 heteroatoms. The molecule has 2 unspecified atom stereocenters. The maximum Gasteiger partial charge on any atom is 0.217 e. The van der Waals surface area contributed by atoms with Crippen molar-refractivity contribution >= 4 is 37.8 Å². The normalized spacial score (nSPS) is 39.5. The lowest BCUT2D eigenvalue weighted by Crippen LogP contribution is -2.39. The molecule has 100 valence electrons. The molecule has 3 N–H and O–H groups in total. The Bertz CT molecular complexity index is 415. The zero-order valence-corrected chi connectivity index (χ0v) is 12.7. The highest BCUT2D eigenvalue weighted by Crippen LogP contribution is 2.41. The first-order valence-electron chi connectivity index (χ1n) is 5.40. The van der Waals surface area contributed by atoms with Gasteiger partial charge in [0.25, 0.3) is 0 Å². The Morgan fingerprint density at radius 3 is 2.50 bits per heavy atom. The summed E-state index contributed by atoms with van der Waals surface area (Å²) >= 11 is 6.52. The Balaban J connectivity index is 2.22. The second-order valence-electron chi connectivity index (χ2n) is 4.44. The zero-order valence-electron chi connectivity index (χ0n) is 9.56. The van der Waals surface area contributed by atoms with Crippen LogP contribution in [0.25, 0.3) is 0 Å². The number of hydrogen-bond acceptors (Lipinski definition) is 4. The molecule has 1 spiro atoms. The molecular formula is C11H13Br2NO4. The number of rotatable bonds is 1. The lowest BCUT2D eigenvalue weighted by atomic mass is 9.92. The predicted octanol–water partition coefficient (Wildman–Crippen LogP) is 0.901. The van der Waals surface area contributed by atoms with Crippen molar-refractivity contribution in [1.82, 2.24) is 5.32 Å². The smallest absolute Gasteiger partial charge is 0.217 e. The van der Waals surface area contributed by atoms with Crippen LogP contribution >= 0.6 is 31.9 Å². The van der Waals surface area contributed by atoms with E-state index >= 15 is 0 Å². The summed E-state index contributed by atoms with van der Waals surface area (Å²) in [5.74, 6) is -0.221. The first-order valence-corrected chi connectivity index (χ1v) is 6.99. The third-order valence-corrected chi connectivity index (χ3v) is 4.22. The van der Waals surface area contributed by atoms with Gasteiger partial charge in [0.1, 0.15) is 11.7 Å². The minimum atomic E-state index is -1.07. The molecule has 18 heavy (non-hydrogen) atoms. The maximum absolute atomic E-state index is 11.0. The number of carbonyl (C=O) groups excluding carboxylic acids is 1. The summed E-state index contributed by atoms with van der Waals surface area (Å²) in [5, 5.41) is 22.2. The SMILES string of the molecule is CC(=O)NC1CC2(C=C(Br)C(O)C(Br)=C2)OC1O. The Labute approximate surface area is 121 Å². The third-order valence-electron chi connectivity index (χ3n) is 2.90. The van der Waals surface area contributed by atoms with Crippen LogP contribution in [0.2, 0.25) is 0 Å². The lowest BCUT2D eigenvalue weighted by molar-refractivity contribution is -0.128. The standard InChI is InChI=1S/C11H13Br2NO4/c1-5(15)14-8-4-11(18-10(8)17)2-6(12)9(16)7(13)3-11/h2-3,8-10,16-17H,4H2,1H3,(H,14,15). The van der Waals surface area contributed by atoms with Gasteiger partial charge in [0.2, 0.25) is 5.91 Å². The molecule has 1 amide bonds. The van der Waals surface area contributed by atoms with Crippen LogP contribution in [0.15, 0.2) is 21.1 Å². The monoisotopic (exact) mass is 381 g/mol. The quantitative estimate of drug-likeness (QED) is 0.629. The van der Waals surface area contributed by atoms with E-state index in [1.54, 1.807) is 12.2 Å². The van der Waals surface area contributed by atoms with Crippen molar-refractivity contribution in [3.05, 3.63) is 21.1 Å². The van der Waals surface area contributed by atoms with Crippen molar-refractivity contribution in [3.8, 4) is 0 Å². The number of carbonyl (C=O) groups is 1. The van der Waals surface area contributed by atoms with Gasteiger partial charge in [-0.3, -0.25) is 4.79 Å². The van der Waals surface area contributed by atoms with E-state index in [-0.39, 0.29) is 5.91 Å². The Morgan fingerprint density at radius 1 is 1.44 bits per heavy atom. The first kappa shape index (κ1) is 14.2. The highest BCUT2D eigenvalue weighted by atomic mass is 79.9. The molecule has 0 bridgehead atoms. The summed E-state index contributed by atoms with van der Waals surface area (Å²) in [4.78, 5) is 11.0. The van der Waals surface area contributed by atoms with Crippen molar-refractivity contribution in [2.45, 2.75) is 37.4 Å². The third kappa shape index (κ3) is 2.70. The lowest BCUT2D eigenvalue weighted by Gasteiger charge is -2.28. The van der Waals surface area contributed by atoms with Gasteiger partial charge in [-0.1, -0.05) is 31.9 Å². The van der Waals surface area contributed by atoms with Crippen LogP contribution in [-0.2, 0) is 9.53 Å². The average molecular weight is 383 g/mol. The van der Waals surface area contributed by atoms with Crippen molar-refractivity contribution in [2.24, 2.45) is 0 Å². The molecule has 0 aromatic heterocycles. The zero-order chi connectivity index (χ0) is 13.5. The molecule has 0 aromatic rings. The summed E-state index contributed by atoms with van der Waals surface area (Å²) < 4.78 is 6.63. The Morgan fingerprint density at radius 2 is 2.00 bits per heavy atom. The fourth-order valence-corrected chi connectivity index (χ4v) is 3.74. The van der Waals surface area contributed by atoms with E-state index in [9.17, 15) is 15.0 Å². The molecule has 5 nitrogen and oxygen atoms in total. The van der Waals surface area contributed by atoms with Gasteiger partial charge in [-0.2, -0.15) is 0 Å². The highest BCUT2D eigenvalue weighted by Gasteiger charge is 2.46. The molecule has 2 rings (SSSR count). The van der Waals surface area contributed by atoms with Crippen LogP contribution in [0, 0.1) is 0 Å². The molecule has 2 atom stereocenters. The van der Waals surface area contributed by atoms with Gasteiger partial charge in [-0.05, 0) is 12.2 Å². The number of ether oxygens (including phenoxy) is 1. The minimum Gasteiger partial charge on any atom is -0.383 e. The molecule has 1 aliphatic heterocycles. The summed E-state index contributed by atoms with van der Waals surface area (Å²) in [6, 6.07) is -0.467. The van der Waals surface area contributed by atoms with Crippen molar-refractivity contribution in [3.63, 3.8) is 0 Å². The Hall–Kier alpha value is -0.210. The average Bonchev–Trinajstić information content (AvgIpc) is 2.51. The molecule has 1 saturated heterocycles. The molecule has 1 heterocycles. The molecule has 0 aromatic carbocycles. The van der Waals surface area contributed by atoms with Crippen LogP contribution in [0.5, 0.6) is 0 Å². The van der Waals surface area contributed by atoms with Crippen LogP contribution in [0.1, 0.15) is 13.3 Å². The topological polar surface area (TPSA) is 78.8 Å². The fourth-order valence-electron chi connectivity index (χ4n) is 2.17. The van der Waals surface area contributed by atoms with Crippen LogP contribution in [0.3, 0.4) is 0 Å². The van der Waals surface area contributed by atoms with E-state index in [4.69, 9.17) is 4.74 Å². The van der Waals surface area contributed by atoms with Crippen LogP contribution < -0.4 is 5.32 Å². The second-order valence-corrected chi connectivity index (χ2v) is 6.27. The van der Waals surface area contributed by atoms with E-state index in [0.29, 0.717) is 15.4 Å². The Kier molecular flexibility index (Phi) is 3.99. The van der Waals surface area contributed by atoms with Crippen molar-refractivity contribution in [2.75, 3.05) is 0 Å². The summed E-state index contributed by atoms with van der Waals surface area (Å²) in [6.07, 6.45) is 1.99. The number of nitrogens with one attached hydrogen (secondary N) is 1. The summed E-state index contributed by atoms with van der Waals surface area (Å²) in [5.41, 5.74) is -0.816. The van der Waals surface area contributed by atoms with Crippen LogP contribution in [0.4, 0.5) is 0 Å². The number of hydrogen-bond donors (Lipinski definition) is 3. The van der Waals surface area contributed by atoms with Gasteiger partial charge in [0.05, 0.1) is 6.04 Å². The summed E-state index contributed by atoms with van der Waals surface area (Å²) in [7, 11) is 0. The predicted molar refractivity (Wildman–Crippen MR) is 72.1 cm³/mol. The van der Waals surface area contributed by atoms with E-state index < -0.39 is 24.0 Å². The van der Waals surface area contributed by atoms with E-state index in [0.717, 1.165) is 0 Å². The molecule has 0 saturated carbocycles. The van der Waals surface area contributed by atoms with Crippen LogP contribution in [-0.4, -0.2) is 40.2 Å². The van der Waals surface area contributed by atoms with Gasteiger partial charge >= 0.3 is 0 Å². The highest BCUT2D eigenvalue weighted by molar-refractivity contribution is 9.12. The second kappa shape index (κ2) is 5.05. The summed E-state index contributed by atoms with van der Waals surface area (Å²) in [6.45, 7) is 1.39. The fraction of sp³-hybridized carbons (Fsp3) is 0.545.